The lowest BCUT2D eigenvalue weighted by atomic mass is 9.99. The van der Waals surface area contributed by atoms with Crippen LogP contribution in [0.2, 0.25) is 0 Å². The summed E-state index contributed by atoms with van der Waals surface area (Å²) in [5, 5.41) is 11.9. The number of benzene rings is 9. The minimum Gasteiger partial charge on any atom is -0.309 e. The van der Waals surface area contributed by atoms with Crippen molar-refractivity contribution in [2.45, 2.75) is 0 Å². The Morgan fingerprint density at radius 3 is 1.77 bits per heavy atom. The predicted octanol–water partition coefficient (Wildman–Crippen LogP) is 13.4. The molecule has 0 N–H and O–H groups in total. The van der Waals surface area contributed by atoms with Gasteiger partial charge in [0.15, 0.2) is 17.1 Å². The van der Waals surface area contributed by atoms with Crippen LogP contribution >= 0.6 is 0 Å². The summed E-state index contributed by atoms with van der Waals surface area (Å²) in [5.41, 5.74) is 10.4. The first-order valence-electron chi connectivity index (χ1n) is 20.2. The molecule has 13 aromatic rings. The Bertz CT molecular complexity index is 3900. The van der Waals surface area contributed by atoms with Gasteiger partial charge in [-0.2, -0.15) is 0 Å². The van der Waals surface area contributed by atoms with Crippen LogP contribution in [0.1, 0.15) is 0 Å². The van der Waals surface area contributed by atoms with Crippen molar-refractivity contribution < 1.29 is 0 Å². The van der Waals surface area contributed by atoms with Crippen LogP contribution in [-0.4, -0.2) is 29.1 Å². The lowest BCUT2D eigenvalue weighted by Gasteiger charge is -2.14. The fourth-order valence-electron chi connectivity index (χ4n) is 9.41. The van der Waals surface area contributed by atoms with Crippen molar-refractivity contribution in [2.75, 3.05) is 0 Å². The van der Waals surface area contributed by atoms with Gasteiger partial charge >= 0.3 is 0 Å². The molecule has 4 aromatic heterocycles. The Hall–Kier alpha value is -8.22. The van der Waals surface area contributed by atoms with Crippen molar-refractivity contribution in [1.82, 2.24) is 29.1 Å². The molecule has 9 aromatic carbocycles. The van der Waals surface area contributed by atoms with Gasteiger partial charge in [-0.05, 0) is 98.0 Å². The quantitative estimate of drug-likeness (QED) is 0.179. The van der Waals surface area contributed by atoms with E-state index in [0.717, 1.165) is 60.7 Å². The molecule has 0 aliphatic carbocycles. The van der Waals surface area contributed by atoms with Crippen LogP contribution in [0.25, 0.3) is 121 Å². The van der Waals surface area contributed by atoms with Gasteiger partial charge < -0.3 is 4.57 Å². The monoisotopic (exact) mass is 764 g/mol. The Labute approximate surface area is 343 Å². The molecular formula is C54H32N6. The zero-order chi connectivity index (χ0) is 39.3. The van der Waals surface area contributed by atoms with E-state index in [1.807, 2.05) is 0 Å². The predicted molar refractivity (Wildman–Crippen MR) is 247 cm³/mol. The Morgan fingerprint density at radius 2 is 0.933 bits per heavy atom. The molecule has 13 rings (SSSR count). The van der Waals surface area contributed by atoms with Crippen molar-refractivity contribution in [2.24, 2.45) is 0 Å². The molecule has 6 nitrogen and oxygen atoms in total. The first-order chi connectivity index (χ1) is 29.7. The molecule has 0 spiro atoms. The summed E-state index contributed by atoms with van der Waals surface area (Å²) < 4.78 is 4.65. The van der Waals surface area contributed by atoms with Crippen LogP contribution in [0.15, 0.2) is 194 Å². The van der Waals surface area contributed by atoms with E-state index in [2.05, 4.69) is 201 Å². The third-order valence-corrected chi connectivity index (χ3v) is 12.2. The Morgan fingerprint density at radius 1 is 0.333 bits per heavy atom. The van der Waals surface area contributed by atoms with Crippen molar-refractivity contribution in [3.05, 3.63) is 194 Å². The zero-order valence-corrected chi connectivity index (χ0v) is 32.2. The summed E-state index contributed by atoms with van der Waals surface area (Å²) in [6.07, 6.45) is 3.37. The number of hydrogen-bond acceptors (Lipinski definition) is 4. The van der Waals surface area contributed by atoms with E-state index in [1.54, 1.807) is 12.4 Å². The Kier molecular flexibility index (Phi) is 6.91. The molecule has 0 fully saturated rings. The topological polar surface area (TPSA) is 61.4 Å². The van der Waals surface area contributed by atoms with Gasteiger partial charge in [0, 0.05) is 45.2 Å². The highest BCUT2D eigenvalue weighted by Gasteiger charge is 2.23. The summed E-state index contributed by atoms with van der Waals surface area (Å²) in [5.74, 6) is 0.698. The van der Waals surface area contributed by atoms with Crippen LogP contribution in [0.3, 0.4) is 0 Å². The van der Waals surface area contributed by atoms with Gasteiger partial charge in [-0.1, -0.05) is 127 Å². The molecule has 60 heavy (non-hydrogen) atoms. The molecule has 4 heterocycles. The molecule has 0 bridgehead atoms. The highest BCUT2D eigenvalue weighted by Crippen LogP contribution is 2.42. The molecule has 278 valence electrons. The summed E-state index contributed by atoms with van der Waals surface area (Å²) in [4.78, 5) is 20.0. The standard InChI is InChI=1S/C54H32N6/c1-2-15-41(16-3-1)59-47-25-21-34-11-8-9-17-42(34)50(47)43-23-20-40(32-48(43)59)51-54(58-53-52(57-51)55-26-27-56-53)60-46-24-22-39(38-19-18-33-10-4-5-12-35(33)28-38)30-44(46)45-29-36-13-6-7-14-37(36)31-49(45)60/h1-32H. The molecule has 0 unspecified atom stereocenters. The van der Waals surface area contributed by atoms with Gasteiger partial charge in [0.05, 0.1) is 22.1 Å². The van der Waals surface area contributed by atoms with Gasteiger partial charge in [0.2, 0.25) is 0 Å². The molecule has 6 heteroatoms. The third kappa shape index (κ3) is 4.88. The fraction of sp³-hybridized carbons (Fsp3) is 0. The van der Waals surface area contributed by atoms with Crippen molar-refractivity contribution >= 4 is 87.2 Å². The maximum atomic E-state index is 5.35. The van der Waals surface area contributed by atoms with Crippen LogP contribution in [0.5, 0.6) is 0 Å². The molecule has 0 saturated carbocycles. The smallest absolute Gasteiger partial charge is 0.199 e. The molecule has 0 atom stereocenters. The van der Waals surface area contributed by atoms with E-state index >= 15 is 0 Å². The summed E-state index contributed by atoms with van der Waals surface area (Å²) in [6.45, 7) is 0. The Balaban J connectivity index is 1.11. The maximum Gasteiger partial charge on any atom is 0.199 e. The van der Waals surface area contributed by atoms with E-state index in [1.165, 1.54) is 43.3 Å². The highest BCUT2D eigenvalue weighted by molar-refractivity contribution is 6.22. The third-order valence-electron chi connectivity index (χ3n) is 12.2. The van der Waals surface area contributed by atoms with Gasteiger partial charge in [0.25, 0.3) is 0 Å². The molecule has 0 saturated heterocycles. The number of aromatic nitrogens is 6. The SMILES string of the molecule is c1ccc(-n2c3cc(-c4nc5nccnc5nc4-n4c5ccc(-c6ccc7ccccc7c6)cc5c5cc6ccccc6cc54)ccc3c3c4ccccc4ccc32)cc1. The normalized spacial score (nSPS) is 12.0. The minimum absolute atomic E-state index is 0.491. The van der Waals surface area contributed by atoms with Gasteiger partial charge in [-0.15, -0.1) is 0 Å². The van der Waals surface area contributed by atoms with Crippen LogP contribution in [-0.2, 0) is 0 Å². The second kappa shape index (κ2) is 12.6. The largest absolute Gasteiger partial charge is 0.309 e. The fourth-order valence-corrected chi connectivity index (χ4v) is 9.41. The molecule has 0 amide bonds. The zero-order valence-electron chi connectivity index (χ0n) is 32.2. The summed E-state index contributed by atoms with van der Waals surface area (Å²) in [6, 6.07) is 65.6. The molecule has 0 aliphatic heterocycles. The lowest BCUT2D eigenvalue weighted by molar-refractivity contribution is 1.05. The lowest BCUT2D eigenvalue weighted by Crippen LogP contribution is -2.05. The maximum absolute atomic E-state index is 5.35. The van der Waals surface area contributed by atoms with E-state index < -0.39 is 0 Å². The van der Waals surface area contributed by atoms with Gasteiger partial charge in [0.1, 0.15) is 5.69 Å². The molecular weight excluding hydrogens is 733 g/mol. The first-order valence-corrected chi connectivity index (χ1v) is 20.2. The number of para-hydroxylation sites is 1. The van der Waals surface area contributed by atoms with Crippen molar-refractivity contribution in [3.63, 3.8) is 0 Å². The average Bonchev–Trinajstić information content (AvgIpc) is 3.82. The number of rotatable bonds is 4. The second-order valence-electron chi connectivity index (χ2n) is 15.5. The van der Waals surface area contributed by atoms with Crippen LogP contribution in [0.4, 0.5) is 0 Å². The number of fused-ring (bicyclic) bond motifs is 11. The molecule has 0 radical (unpaired) electrons. The number of hydrogen-bond donors (Lipinski definition) is 0. The van der Waals surface area contributed by atoms with Crippen LogP contribution in [0, 0.1) is 0 Å². The van der Waals surface area contributed by atoms with Gasteiger partial charge in [-0.3, -0.25) is 4.57 Å². The van der Waals surface area contributed by atoms with E-state index in [0.29, 0.717) is 17.1 Å². The molecule has 0 aliphatic rings. The van der Waals surface area contributed by atoms with E-state index in [-0.39, 0.29) is 0 Å². The first kappa shape index (κ1) is 32.8. The van der Waals surface area contributed by atoms with E-state index in [4.69, 9.17) is 9.97 Å². The number of nitrogens with zero attached hydrogens (tertiary/aromatic N) is 6. The minimum atomic E-state index is 0.491. The van der Waals surface area contributed by atoms with Crippen molar-refractivity contribution in [3.8, 4) is 33.9 Å². The van der Waals surface area contributed by atoms with Crippen LogP contribution < -0.4 is 0 Å². The van der Waals surface area contributed by atoms with Gasteiger partial charge in [-0.25, -0.2) is 19.9 Å². The second-order valence-corrected chi connectivity index (χ2v) is 15.5. The van der Waals surface area contributed by atoms with E-state index in [9.17, 15) is 0 Å². The average molecular weight is 765 g/mol. The summed E-state index contributed by atoms with van der Waals surface area (Å²) >= 11 is 0. The summed E-state index contributed by atoms with van der Waals surface area (Å²) in [7, 11) is 0. The van der Waals surface area contributed by atoms with Crippen molar-refractivity contribution in [1.29, 1.82) is 0 Å². The highest BCUT2D eigenvalue weighted by atomic mass is 15.1.